The molecule has 1 fully saturated rings. The fraction of sp³-hybridized carbons (Fsp3) is 0.316. The Bertz CT molecular complexity index is 779. The summed E-state index contributed by atoms with van der Waals surface area (Å²) >= 11 is 6.20. The van der Waals surface area contributed by atoms with Crippen LogP contribution in [-0.2, 0) is 0 Å². The number of nitrogens with zero attached hydrogens (tertiary/aromatic N) is 3. The van der Waals surface area contributed by atoms with Gasteiger partial charge in [-0.2, -0.15) is 0 Å². The molecule has 0 bridgehead atoms. The number of anilines is 2. The Morgan fingerprint density at radius 1 is 1.04 bits per heavy atom. The molecule has 24 heavy (non-hydrogen) atoms. The van der Waals surface area contributed by atoms with Crippen molar-refractivity contribution in [3.8, 4) is 0 Å². The number of aliphatic imine (C=N–C) groups is 1. The zero-order valence-electron chi connectivity index (χ0n) is 13.8. The smallest absolute Gasteiger partial charge is 0.138 e. The van der Waals surface area contributed by atoms with Crippen molar-refractivity contribution in [2.75, 3.05) is 38.0 Å². The van der Waals surface area contributed by atoms with Gasteiger partial charge in [0.15, 0.2) is 0 Å². The predicted molar refractivity (Wildman–Crippen MR) is 101 cm³/mol. The maximum absolute atomic E-state index is 6.20. The summed E-state index contributed by atoms with van der Waals surface area (Å²) in [7, 11) is 0. The molecule has 0 amide bonds. The molecular formula is C19H21ClN4. The van der Waals surface area contributed by atoms with Gasteiger partial charge in [-0.25, -0.2) is 4.99 Å². The molecular weight excluding hydrogens is 320 g/mol. The average Bonchev–Trinajstić information content (AvgIpc) is 2.78. The number of para-hydroxylation sites is 1. The first-order valence-electron chi connectivity index (χ1n) is 8.46. The number of benzene rings is 2. The van der Waals surface area contributed by atoms with Crippen molar-refractivity contribution in [1.29, 1.82) is 0 Å². The summed E-state index contributed by atoms with van der Waals surface area (Å²) in [5.74, 6) is 1.04. The summed E-state index contributed by atoms with van der Waals surface area (Å²) in [6.07, 6.45) is 0. The van der Waals surface area contributed by atoms with E-state index < -0.39 is 0 Å². The lowest BCUT2D eigenvalue weighted by Crippen LogP contribution is -2.48. The highest BCUT2D eigenvalue weighted by atomic mass is 35.5. The van der Waals surface area contributed by atoms with Crippen molar-refractivity contribution in [3.05, 3.63) is 53.1 Å². The molecule has 1 N–H and O–H groups in total. The van der Waals surface area contributed by atoms with Gasteiger partial charge in [-0.3, -0.25) is 0 Å². The van der Waals surface area contributed by atoms with E-state index in [2.05, 4.69) is 46.3 Å². The van der Waals surface area contributed by atoms with Gasteiger partial charge < -0.3 is 15.1 Å². The highest BCUT2D eigenvalue weighted by molar-refractivity contribution is 6.31. The van der Waals surface area contributed by atoms with E-state index in [1.54, 1.807) is 0 Å². The molecule has 0 saturated carbocycles. The third-order valence-electron chi connectivity index (χ3n) is 4.74. The van der Waals surface area contributed by atoms with Gasteiger partial charge in [0.05, 0.1) is 11.4 Å². The minimum absolute atomic E-state index is 0.709. The molecule has 1 saturated heterocycles. The first-order chi connectivity index (χ1) is 11.7. The molecule has 5 heteroatoms. The number of piperazine rings is 1. The molecule has 0 spiro atoms. The molecule has 0 unspecified atom stereocenters. The third-order valence-corrected chi connectivity index (χ3v) is 4.98. The normalized spacial score (nSPS) is 17.4. The van der Waals surface area contributed by atoms with Gasteiger partial charge >= 0.3 is 0 Å². The number of fused-ring (bicyclic) bond motifs is 2. The lowest BCUT2D eigenvalue weighted by atomic mass is 10.1. The second-order valence-electron chi connectivity index (χ2n) is 6.19. The standard InChI is InChI=1S/C19H21ClN4/c1-2-23-9-11-24(12-10-23)19-15-5-3-4-6-16(15)21-17-8-7-14(20)13-18(17)22-19/h3-8,13,21H,2,9-12H2,1H3. The van der Waals surface area contributed by atoms with Crippen LogP contribution in [0, 0.1) is 0 Å². The van der Waals surface area contributed by atoms with Crippen molar-refractivity contribution < 1.29 is 0 Å². The van der Waals surface area contributed by atoms with Crippen molar-refractivity contribution in [2.45, 2.75) is 6.92 Å². The minimum atomic E-state index is 0.709. The van der Waals surface area contributed by atoms with E-state index in [0.717, 1.165) is 61.2 Å². The number of rotatable bonds is 1. The van der Waals surface area contributed by atoms with Crippen molar-refractivity contribution in [1.82, 2.24) is 9.80 Å². The molecule has 2 aliphatic rings. The van der Waals surface area contributed by atoms with Gasteiger partial charge in [0.1, 0.15) is 5.84 Å². The van der Waals surface area contributed by atoms with Gasteiger partial charge in [0.2, 0.25) is 0 Å². The molecule has 2 heterocycles. The van der Waals surface area contributed by atoms with E-state index in [0.29, 0.717) is 5.02 Å². The summed E-state index contributed by atoms with van der Waals surface area (Å²) in [4.78, 5) is 9.86. The summed E-state index contributed by atoms with van der Waals surface area (Å²) in [5, 5.41) is 4.22. The first kappa shape index (κ1) is 15.5. The lowest BCUT2D eigenvalue weighted by Gasteiger charge is -2.36. The van der Waals surface area contributed by atoms with Crippen LogP contribution in [-0.4, -0.2) is 48.4 Å². The number of hydrogen-bond donors (Lipinski definition) is 1. The molecule has 0 aromatic heterocycles. The second-order valence-corrected chi connectivity index (χ2v) is 6.63. The van der Waals surface area contributed by atoms with Crippen LogP contribution < -0.4 is 5.32 Å². The quantitative estimate of drug-likeness (QED) is 0.847. The average molecular weight is 341 g/mol. The van der Waals surface area contributed by atoms with Crippen LogP contribution in [0.4, 0.5) is 17.1 Å². The summed E-state index contributed by atoms with van der Waals surface area (Å²) in [5.41, 5.74) is 4.13. The number of hydrogen-bond acceptors (Lipinski definition) is 4. The number of nitrogens with one attached hydrogen (secondary N) is 1. The monoisotopic (exact) mass is 340 g/mol. The molecule has 0 radical (unpaired) electrons. The van der Waals surface area contributed by atoms with Crippen LogP contribution in [0.5, 0.6) is 0 Å². The van der Waals surface area contributed by atoms with Crippen LogP contribution in [0.2, 0.25) is 5.02 Å². The fourth-order valence-electron chi connectivity index (χ4n) is 3.33. The number of halogens is 1. The van der Waals surface area contributed by atoms with Crippen LogP contribution in [0.3, 0.4) is 0 Å². The van der Waals surface area contributed by atoms with E-state index in [-0.39, 0.29) is 0 Å². The topological polar surface area (TPSA) is 30.9 Å². The van der Waals surface area contributed by atoms with Gasteiger partial charge in [-0.15, -0.1) is 0 Å². The zero-order valence-corrected chi connectivity index (χ0v) is 14.6. The molecule has 2 aliphatic heterocycles. The summed E-state index contributed by atoms with van der Waals surface area (Å²) < 4.78 is 0. The van der Waals surface area contributed by atoms with E-state index in [4.69, 9.17) is 16.6 Å². The highest BCUT2D eigenvalue weighted by Crippen LogP contribution is 2.36. The van der Waals surface area contributed by atoms with Gasteiger partial charge in [0.25, 0.3) is 0 Å². The van der Waals surface area contributed by atoms with Crippen molar-refractivity contribution in [3.63, 3.8) is 0 Å². The highest BCUT2D eigenvalue weighted by Gasteiger charge is 2.24. The van der Waals surface area contributed by atoms with Crippen LogP contribution in [0.1, 0.15) is 12.5 Å². The van der Waals surface area contributed by atoms with Crippen molar-refractivity contribution in [2.24, 2.45) is 4.99 Å². The number of amidine groups is 1. The maximum atomic E-state index is 6.20. The Morgan fingerprint density at radius 2 is 1.83 bits per heavy atom. The van der Waals surface area contributed by atoms with E-state index >= 15 is 0 Å². The maximum Gasteiger partial charge on any atom is 0.138 e. The van der Waals surface area contributed by atoms with E-state index in [1.165, 1.54) is 0 Å². The number of likely N-dealkylation sites (N-methyl/N-ethyl adjacent to an activating group) is 1. The van der Waals surface area contributed by atoms with Gasteiger partial charge in [-0.1, -0.05) is 30.7 Å². The molecule has 4 nitrogen and oxygen atoms in total. The van der Waals surface area contributed by atoms with Crippen LogP contribution in [0.15, 0.2) is 47.5 Å². The summed E-state index contributed by atoms with van der Waals surface area (Å²) in [6, 6.07) is 14.2. The predicted octanol–water partition coefficient (Wildman–Crippen LogP) is 4.11. The van der Waals surface area contributed by atoms with Crippen LogP contribution >= 0.6 is 11.6 Å². The van der Waals surface area contributed by atoms with Crippen LogP contribution in [0.25, 0.3) is 0 Å². The minimum Gasteiger partial charge on any atom is -0.353 e. The van der Waals surface area contributed by atoms with Gasteiger partial charge in [-0.05, 0) is 36.9 Å². The zero-order chi connectivity index (χ0) is 16.5. The Morgan fingerprint density at radius 3 is 2.62 bits per heavy atom. The Hall–Kier alpha value is -2.04. The first-order valence-corrected chi connectivity index (χ1v) is 8.84. The van der Waals surface area contributed by atoms with E-state index in [9.17, 15) is 0 Å². The Labute approximate surface area is 147 Å². The molecule has 0 aliphatic carbocycles. The molecule has 0 atom stereocenters. The van der Waals surface area contributed by atoms with Crippen molar-refractivity contribution >= 4 is 34.5 Å². The third kappa shape index (κ3) is 2.87. The Balaban J connectivity index is 1.77. The summed E-state index contributed by atoms with van der Waals surface area (Å²) in [6.45, 7) is 7.47. The molecule has 2 aromatic carbocycles. The van der Waals surface area contributed by atoms with E-state index in [1.807, 2.05) is 18.2 Å². The second kappa shape index (κ2) is 6.46. The largest absolute Gasteiger partial charge is 0.353 e. The molecule has 124 valence electrons. The SMILES string of the molecule is CCN1CCN(C2=Nc3cc(Cl)ccc3Nc3ccccc32)CC1. The molecule has 2 aromatic rings. The van der Waals surface area contributed by atoms with Gasteiger partial charge in [0, 0.05) is 42.5 Å². The fourth-order valence-corrected chi connectivity index (χ4v) is 3.49. The lowest BCUT2D eigenvalue weighted by molar-refractivity contribution is 0.190. The Kier molecular flexibility index (Phi) is 4.17. The molecule has 4 rings (SSSR count).